The molecule has 75 heavy (non-hydrogen) atoms. The van der Waals surface area contributed by atoms with Gasteiger partial charge in [0.15, 0.2) is 16.6 Å². The summed E-state index contributed by atoms with van der Waals surface area (Å²) in [6.07, 6.45) is 3.40. The molecule has 8 aromatic rings. The summed E-state index contributed by atoms with van der Waals surface area (Å²) < 4.78 is 15.6. The van der Waals surface area contributed by atoms with Crippen LogP contribution in [-0.2, 0) is 26.2 Å². The van der Waals surface area contributed by atoms with Gasteiger partial charge in [-0.25, -0.2) is 14.5 Å². The molecule has 22 heteroatoms. The molecule has 5 aromatic carbocycles. The zero-order valence-corrected chi connectivity index (χ0v) is 39.8. The normalized spacial score (nSPS) is 11.4. The number of nitrogens with two attached hydrogens (primary N) is 1. The lowest BCUT2D eigenvalue weighted by molar-refractivity contribution is -0.384. The molecule has 0 spiro atoms. The monoisotopic (exact) mass is 1010 g/mol. The number of carbonyl (C=O) groups is 2. The summed E-state index contributed by atoms with van der Waals surface area (Å²) in [5.41, 5.74) is 12.6. The fourth-order valence-corrected chi connectivity index (χ4v) is 8.46. The highest BCUT2D eigenvalue weighted by Crippen LogP contribution is 2.42. The van der Waals surface area contributed by atoms with Crippen LogP contribution in [0.25, 0.3) is 44.6 Å². The number of benzene rings is 6. The quantitative estimate of drug-likeness (QED) is 0.0270. The predicted molar refractivity (Wildman–Crippen MR) is 276 cm³/mol. The molecule has 374 valence electrons. The van der Waals surface area contributed by atoms with Crippen LogP contribution in [-0.4, -0.2) is 74.6 Å². The number of carboxylic acids is 1. The smallest absolute Gasteiger partial charge is 0.336 e. The van der Waals surface area contributed by atoms with E-state index in [1.165, 1.54) is 54.6 Å². The Bertz CT molecular complexity index is 3840. The van der Waals surface area contributed by atoms with Crippen LogP contribution in [0.2, 0.25) is 0 Å². The van der Waals surface area contributed by atoms with Gasteiger partial charge in [0.05, 0.1) is 47.5 Å². The largest absolute Gasteiger partial charge is 0.508 e. The number of phenolic OH excluding ortho intramolecular Hbond substituents is 1. The average Bonchev–Trinajstić information content (AvgIpc) is 4.05. The van der Waals surface area contributed by atoms with Gasteiger partial charge in [0.1, 0.15) is 29.4 Å². The van der Waals surface area contributed by atoms with Crippen molar-refractivity contribution in [3.63, 3.8) is 0 Å². The van der Waals surface area contributed by atoms with Gasteiger partial charge in [0, 0.05) is 71.7 Å². The van der Waals surface area contributed by atoms with Gasteiger partial charge in [-0.15, -0.1) is 5.10 Å². The second-order valence-electron chi connectivity index (χ2n) is 17.1. The molecule has 0 bridgehead atoms. The molecule has 0 fully saturated rings. The average molecular weight is 1010 g/mol. The van der Waals surface area contributed by atoms with Crippen LogP contribution in [0.1, 0.15) is 44.5 Å². The summed E-state index contributed by atoms with van der Waals surface area (Å²) in [6, 6.07) is 34.0. The fourth-order valence-electron chi connectivity index (χ4n) is 8.46. The highest BCUT2D eigenvalue weighted by atomic mass is 16.6. The van der Waals surface area contributed by atoms with E-state index in [0.717, 1.165) is 23.4 Å². The molecule has 0 saturated carbocycles. The molecule has 3 aromatic heterocycles. The van der Waals surface area contributed by atoms with Gasteiger partial charge in [0.2, 0.25) is 11.8 Å². The third-order valence-corrected chi connectivity index (χ3v) is 12.2. The molecule has 0 atom stereocenters. The first-order valence-electron chi connectivity index (χ1n) is 23.3. The number of ether oxygens (including phenoxy) is 1. The number of fused-ring (bicyclic) bond motifs is 3. The standard InChI is InChI=1S/C53H43N13O9/c1-2-63(37-12-8-34(9-13-37)59-60-35-10-14-38(15-11-35)66(72)73)21-22-64-30-56-48-49(64)57-53(54)58-51(48)74-29-32-5-3-31(4-6-32)27-65-28-36(61-62-65)26-55-50(69)33-7-18-41(52(70)71)44(23-33)47-42-19-16-39(67)24-45(42)75-46-25-40(68)17-20-43(46)47/h3-20,23-25,28,30,67H,2,21-22,26-27,29H2,1H3,(H,55,69)(H,70,71)(H2,54,57,58). The summed E-state index contributed by atoms with van der Waals surface area (Å²) in [5, 5.41) is 51.5. The van der Waals surface area contributed by atoms with Crippen LogP contribution in [0.5, 0.6) is 11.6 Å². The number of imidazole rings is 1. The lowest BCUT2D eigenvalue weighted by Gasteiger charge is -2.23. The first kappa shape index (κ1) is 48.3. The van der Waals surface area contributed by atoms with Gasteiger partial charge in [-0.2, -0.15) is 20.2 Å². The molecule has 22 nitrogen and oxygen atoms in total. The summed E-state index contributed by atoms with van der Waals surface area (Å²) in [6.45, 7) is 4.56. The highest BCUT2D eigenvalue weighted by Gasteiger charge is 2.24. The summed E-state index contributed by atoms with van der Waals surface area (Å²) in [4.78, 5) is 64.4. The number of azo groups is 1. The van der Waals surface area contributed by atoms with E-state index < -0.39 is 16.8 Å². The van der Waals surface area contributed by atoms with E-state index in [2.05, 4.69) is 52.6 Å². The minimum absolute atomic E-state index is 0.0145. The number of amides is 1. The van der Waals surface area contributed by atoms with Crippen molar-refractivity contribution in [2.24, 2.45) is 10.2 Å². The summed E-state index contributed by atoms with van der Waals surface area (Å²) in [7, 11) is 0. The zero-order chi connectivity index (χ0) is 52.2. The Balaban J connectivity index is 0.742. The van der Waals surface area contributed by atoms with Crippen LogP contribution in [0, 0.1) is 10.1 Å². The number of hydrogen-bond acceptors (Lipinski definition) is 17. The Hall–Kier alpha value is -10.4. The predicted octanol–water partition coefficient (Wildman–Crippen LogP) is 8.69. The maximum atomic E-state index is 13.6. The van der Waals surface area contributed by atoms with Crippen LogP contribution in [0.15, 0.2) is 159 Å². The molecule has 1 aliphatic heterocycles. The van der Waals surface area contributed by atoms with Crippen molar-refractivity contribution in [2.45, 2.75) is 33.2 Å². The molecule has 0 saturated heterocycles. The van der Waals surface area contributed by atoms with Gasteiger partial charge in [-0.05, 0) is 102 Å². The molecular formula is C53H43N13O9. The number of carbonyl (C=O) groups excluding carboxylic acids is 1. The van der Waals surface area contributed by atoms with Gasteiger partial charge < -0.3 is 39.9 Å². The topological polar surface area (TPSA) is 298 Å². The number of nitrogen functional groups attached to an aromatic ring is 1. The number of aromatic carboxylic acids is 1. The number of nitrogens with one attached hydrogen (secondary N) is 1. The summed E-state index contributed by atoms with van der Waals surface area (Å²) in [5.74, 6) is -1.31. The van der Waals surface area contributed by atoms with Crippen LogP contribution >= 0.6 is 0 Å². The Kier molecular flexibility index (Phi) is 13.4. The van der Waals surface area contributed by atoms with E-state index in [4.69, 9.17) is 14.9 Å². The van der Waals surface area contributed by atoms with Crippen molar-refractivity contribution in [1.29, 1.82) is 0 Å². The van der Waals surface area contributed by atoms with Crippen LogP contribution in [0.4, 0.5) is 28.7 Å². The zero-order valence-electron chi connectivity index (χ0n) is 39.8. The fraction of sp³-hybridized carbons (Fsp3) is 0.132. The van der Waals surface area contributed by atoms with E-state index in [0.29, 0.717) is 64.4 Å². The Morgan fingerprint density at radius 3 is 2.37 bits per heavy atom. The third-order valence-electron chi connectivity index (χ3n) is 12.2. The molecule has 0 unspecified atom stereocenters. The van der Waals surface area contributed by atoms with Crippen molar-refractivity contribution in [3.05, 3.63) is 188 Å². The van der Waals surface area contributed by atoms with Crippen molar-refractivity contribution < 1.29 is 33.9 Å². The van der Waals surface area contributed by atoms with E-state index >= 15 is 0 Å². The molecular weight excluding hydrogens is 963 g/mol. The number of non-ortho nitro benzene ring substituents is 1. The number of nitro benzene ring substituents is 1. The maximum Gasteiger partial charge on any atom is 0.336 e. The number of carboxylic acid groups (broad SMARTS) is 1. The van der Waals surface area contributed by atoms with Crippen molar-refractivity contribution >= 4 is 62.7 Å². The molecule has 2 aliphatic rings. The number of rotatable bonds is 18. The number of nitro groups is 1. The van der Waals surface area contributed by atoms with Crippen molar-refractivity contribution in [2.75, 3.05) is 23.7 Å². The van der Waals surface area contributed by atoms with Gasteiger partial charge in [-0.1, -0.05) is 29.5 Å². The number of phenols is 1. The van der Waals surface area contributed by atoms with Crippen LogP contribution < -0.4 is 26.1 Å². The molecule has 5 N–H and O–H groups in total. The second kappa shape index (κ2) is 20.8. The number of anilines is 2. The molecule has 1 amide bonds. The van der Waals surface area contributed by atoms with E-state index in [-0.39, 0.29) is 69.9 Å². The van der Waals surface area contributed by atoms with Crippen molar-refractivity contribution in [3.8, 4) is 34.1 Å². The van der Waals surface area contributed by atoms with Crippen LogP contribution in [0.3, 0.4) is 0 Å². The van der Waals surface area contributed by atoms with E-state index in [1.807, 2.05) is 53.1 Å². The number of aromatic nitrogens is 7. The second-order valence-corrected chi connectivity index (χ2v) is 17.1. The number of nitrogens with zero attached hydrogens (tertiary/aromatic N) is 11. The van der Waals surface area contributed by atoms with E-state index in [9.17, 15) is 34.7 Å². The number of hydrogen-bond donors (Lipinski definition) is 4. The van der Waals surface area contributed by atoms with Gasteiger partial charge in [-0.3, -0.25) is 19.7 Å². The van der Waals surface area contributed by atoms with E-state index in [1.54, 1.807) is 41.5 Å². The Morgan fingerprint density at radius 1 is 0.893 bits per heavy atom. The number of likely N-dealkylation sites (N-methyl/N-ethyl adjacent to an activating group) is 1. The van der Waals surface area contributed by atoms with Gasteiger partial charge in [0.25, 0.3) is 11.6 Å². The summed E-state index contributed by atoms with van der Waals surface area (Å²) >= 11 is 0. The lowest BCUT2D eigenvalue weighted by atomic mass is 9.89. The first-order valence-corrected chi connectivity index (χ1v) is 23.3. The lowest BCUT2D eigenvalue weighted by Crippen LogP contribution is -2.27. The minimum Gasteiger partial charge on any atom is -0.508 e. The molecule has 4 heterocycles. The third kappa shape index (κ3) is 10.6. The molecule has 10 rings (SSSR count). The molecule has 0 radical (unpaired) electrons. The van der Waals surface area contributed by atoms with Crippen molar-refractivity contribution in [1.82, 2.24) is 39.8 Å². The van der Waals surface area contributed by atoms with Gasteiger partial charge >= 0.3 is 5.97 Å². The maximum absolute atomic E-state index is 13.6. The Labute approximate surface area is 424 Å². The molecule has 1 aliphatic carbocycles. The first-order chi connectivity index (χ1) is 36.3. The minimum atomic E-state index is -1.22. The number of aromatic hydroxyl groups is 1. The SMILES string of the molecule is CCN(CCn1cnc2c(OCc3ccc(Cn4cc(CNC(=O)c5ccc(C(=O)O)c(-c6c7ccc(=O)cc-7oc7cc(O)ccc67)c5)nn4)cc3)nc(N)nc21)c1ccc(N=Nc2ccc([N+](=O)[O-])cc2)cc1. The Morgan fingerprint density at radius 2 is 1.64 bits per heavy atom. The highest BCUT2D eigenvalue weighted by molar-refractivity contribution is 6.09.